The Morgan fingerprint density at radius 2 is 1.95 bits per heavy atom. The molecule has 2 saturated heterocycles. The van der Waals surface area contributed by atoms with Crippen molar-refractivity contribution >= 4 is 40.7 Å². The Hall–Kier alpha value is -3.28. The molecule has 3 atom stereocenters. The molecule has 0 aliphatic carbocycles. The Bertz CT molecular complexity index is 1210. The van der Waals surface area contributed by atoms with Crippen molar-refractivity contribution in [1.29, 1.82) is 0 Å². The van der Waals surface area contributed by atoms with Gasteiger partial charge in [0.05, 0.1) is 12.0 Å². The van der Waals surface area contributed by atoms with Crippen LogP contribution in [-0.2, 0) is 15.5 Å². The van der Waals surface area contributed by atoms with Gasteiger partial charge in [-0.3, -0.25) is 9.59 Å². The Morgan fingerprint density at radius 3 is 2.63 bits per heavy atom. The van der Waals surface area contributed by atoms with Crippen molar-refractivity contribution in [3.8, 4) is 0 Å². The summed E-state index contributed by atoms with van der Waals surface area (Å²) in [6.07, 6.45) is 2.63. The lowest BCUT2D eigenvalue weighted by atomic mass is 9.87. The van der Waals surface area contributed by atoms with Gasteiger partial charge in [0, 0.05) is 56.9 Å². The Morgan fingerprint density at radius 1 is 1.21 bits per heavy atom. The molecule has 13 heteroatoms. The average Bonchev–Trinajstić information content (AvgIpc) is 2.85. The van der Waals surface area contributed by atoms with Crippen LogP contribution < -0.4 is 16.0 Å². The number of rotatable bonds is 6. The molecule has 206 valence electrons. The first-order valence-electron chi connectivity index (χ1n) is 12.3. The summed E-state index contributed by atoms with van der Waals surface area (Å²) < 4.78 is 42.6. The standard InChI is InChI=1S/C25H31ClF3N7O2/c1-25(28,29)14-9-15(26)11-16(10-14)33-18-5-4-7-36(24(18)38)19-12-35(8-6-17(19)23(37)34(2)3)22-20(27)21(30)31-13-32-22/h9-11,13,17-19,33H,4-8,12H2,1-3H3,(H2,30,31,32)/t17-,18+,19-/m0/s1. The van der Waals surface area contributed by atoms with Gasteiger partial charge in [-0.1, -0.05) is 11.6 Å². The second kappa shape index (κ2) is 10.8. The van der Waals surface area contributed by atoms with E-state index in [1.807, 2.05) is 0 Å². The van der Waals surface area contributed by atoms with Gasteiger partial charge in [0.2, 0.25) is 17.6 Å². The molecule has 3 N–H and O–H groups in total. The van der Waals surface area contributed by atoms with Gasteiger partial charge in [-0.15, -0.1) is 0 Å². The van der Waals surface area contributed by atoms with E-state index < -0.39 is 29.7 Å². The first-order chi connectivity index (χ1) is 17.9. The summed E-state index contributed by atoms with van der Waals surface area (Å²) in [5.41, 5.74) is 5.68. The summed E-state index contributed by atoms with van der Waals surface area (Å²) in [7, 11) is 3.30. The molecule has 2 amide bonds. The molecule has 0 saturated carbocycles. The minimum atomic E-state index is -3.10. The Balaban J connectivity index is 1.61. The maximum atomic E-state index is 14.7. The van der Waals surface area contributed by atoms with Crippen molar-refractivity contribution in [3.63, 3.8) is 0 Å². The van der Waals surface area contributed by atoms with Crippen molar-refractivity contribution in [2.45, 2.75) is 44.2 Å². The average molecular weight is 554 g/mol. The predicted octanol–water partition coefficient (Wildman–Crippen LogP) is 3.35. The second-order valence-electron chi connectivity index (χ2n) is 10.0. The molecule has 2 aliphatic heterocycles. The third kappa shape index (κ3) is 5.74. The van der Waals surface area contributed by atoms with Crippen LogP contribution in [0.4, 0.5) is 30.5 Å². The molecule has 0 spiro atoms. The minimum absolute atomic E-state index is 0.0179. The Labute approximate surface area is 224 Å². The lowest BCUT2D eigenvalue weighted by Gasteiger charge is -2.47. The molecule has 3 heterocycles. The summed E-state index contributed by atoms with van der Waals surface area (Å²) >= 11 is 6.08. The fraction of sp³-hybridized carbons (Fsp3) is 0.520. The third-order valence-corrected chi connectivity index (χ3v) is 7.27. The van der Waals surface area contributed by atoms with Gasteiger partial charge in [-0.25, -0.2) is 18.7 Å². The lowest BCUT2D eigenvalue weighted by Crippen LogP contribution is -2.62. The number of nitrogens with one attached hydrogen (secondary N) is 1. The number of carbonyl (C=O) groups excluding carboxylic acids is 2. The van der Waals surface area contributed by atoms with E-state index in [-0.39, 0.29) is 40.6 Å². The number of hydrogen-bond acceptors (Lipinski definition) is 7. The van der Waals surface area contributed by atoms with E-state index in [4.69, 9.17) is 17.3 Å². The van der Waals surface area contributed by atoms with Crippen molar-refractivity contribution in [2.24, 2.45) is 5.92 Å². The van der Waals surface area contributed by atoms with Gasteiger partial charge in [-0.05, 0) is 37.5 Å². The van der Waals surface area contributed by atoms with E-state index in [2.05, 4.69) is 15.3 Å². The van der Waals surface area contributed by atoms with Gasteiger partial charge in [-0.2, -0.15) is 4.39 Å². The molecule has 1 aromatic carbocycles. The summed E-state index contributed by atoms with van der Waals surface area (Å²) in [6, 6.07) is 2.68. The van der Waals surface area contributed by atoms with E-state index in [0.29, 0.717) is 38.0 Å². The number of amides is 2. The van der Waals surface area contributed by atoms with Gasteiger partial charge in [0.25, 0.3) is 5.92 Å². The summed E-state index contributed by atoms with van der Waals surface area (Å²) in [4.78, 5) is 39.4. The number of nitrogens with zero attached hydrogens (tertiary/aromatic N) is 5. The third-order valence-electron chi connectivity index (χ3n) is 7.06. The maximum absolute atomic E-state index is 14.7. The summed E-state index contributed by atoms with van der Waals surface area (Å²) in [5.74, 6) is -5.04. The van der Waals surface area contributed by atoms with E-state index in [1.54, 1.807) is 23.9 Å². The highest BCUT2D eigenvalue weighted by atomic mass is 35.5. The number of benzene rings is 1. The van der Waals surface area contributed by atoms with E-state index in [1.165, 1.54) is 29.4 Å². The predicted molar refractivity (Wildman–Crippen MR) is 139 cm³/mol. The molecule has 2 aromatic rings. The van der Waals surface area contributed by atoms with Crippen LogP contribution >= 0.6 is 11.6 Å². The van der Waals surface area contributed by atoms with E-state index in [9.17, 15) is 22.8 Å². The number of halogens is 4. The summed E-state index contributed by atoms with van der Waals surface area (Å²) in [6.45, 7) is 1.68. The van der Waals surface area contributed by atoms with Crippen LogP contribution in [0, 0.1) is 11.7 Å². The maximum Gasteiger partial charge on any atom is 0.270 e. The SMILES string of the molecule is CN(C)C(=O)[C@H]1CCN(c2ncnc(N)c2F)C[C@@H]1N1CCC[C@@H](Nc2cc(Cl)cc(C(C)(F)F)c2)C1=O. The van der Waals surface area contributed by atoms with Crippen LogP contribution in [0.15, 0.2) is 24.5 Å². The van der Waals surface area contributed by atoms with Crippen LogP contribution in [0.25, 0.3) is 0 Å². The molecule has 4 rings (SSSR count). The van der Waals surface area contributed by atoms with E-state index >= 15 is 0 Å². The number of likely N-dealkylation sites (tertiary alicyclic amines) is 1. The number of aromatic nitrogens is 2. The molecular formula is C25H31ClF3N7O2. The lowest BCUT2D eigenvalue weighted by molar-refractivity contribution is -0.143. The van der Waals surface area contributed by atoms with Crippen LogP contribution in [0.1, 0.15) is 31.7 Å². The van der Waals surface area contributed by atoms with Crippen LogP contribution in [0.2, 0.25) is 5.02 Å². The molecule has 0 unspecified atom stereocenters. The van der Waals surface area contributed by atoms with Crippen LogP contribution in [0.3, 0.4) is 0 Å². The molecule has 2 aliphatic rings. The highest BCUT2D eigenvalue weighted by Gasteiger charge is 2.43. The van der Waals surface area contributed by atoms with Crippen LogP contribution in [-0.4, -0.2) is 77.4 Å². The monoisotopic (exact) mass is 553 g/mol. The van der Waals surface area contributed by atoms with Gasteiger partial charge in [0.1, 0.15) is 12.4 Å². The number of alkyl halides is 2. The number of nitrogens with two attached hydrogens (primary N) is 1. The molecular weight excluding hydrogens is 523 g/mol. The van der Waals surface area contributed by atoms with Crippen molar-refractivity contribution in [3.05, 3.63) is 40.9 Å². The van der Waals surface area contributed by atoms with Crippen molar-refractivity contribution in [2.75, 3.05) is 49.7 Å². The fourth-order valence-electron chi connectivity index (χ4n) is 5.14. The summed E-state index contributed by atoms with van der Waals surface area (Å²) in [5, 5.41) is 3.19. The highest BCUT2D eigenvalue weighted by molar-refractivity contribution is 6.31. The molecule has 2 fully saturated rings. The van der Waals surface area contributed by atoms with Gasteiger partial charge in [0.15, 0.2) is 11.6 Å². The minimum Gasteiger partial charge on any atom is -0.381 e. The number of hydrogen-bond donors (Lipinski definition) is 2. The first-order valence-corrected chi connectivity index (χ1v) is 12.7. The number of piperidine rings is 2. The quantitative estimate of drug-likeness (QED) is 0.565. The second-order valence-corrected chi connectivity index (χ2v) is 10.5. The number of carbonyl (C=O) groups is 2. The molecule has 1 aromatic heterocycles. The smallest absolute Gasteiger partial charge is 0.270 e. The van der Waals surface area contributed by atoms with Crippen molar-refractivity contribution in [1.82, 2.24) is 19.8 Å². The number of anilines is 3. The highest BCUT2D eigenvalue weighted by Crippen LogP contribution is 2.34. The zero-order valence-corrected chi connectivity index (χ0v) is 22.2. The first kappa shape index (κ1) is 27.7. The van der Waals surface area contributed by atoms with Gasteiger partial charge < -0.3 is 25.8 Å². The topological polar surface area (TPSA) is 108 Å². The van der Waals surface area contributed by atoms with Gasteiger partial charge >= 0.3 is 0 Å². The molecule has 0 radical (unpaired) electrons. The van der Waals surface area contributed by atoms with E-state index in [0.717, 1.165) is 6.92 Å². The molecule has 9 nitrogen and oxygen atoms in total. The normalized spacial score (nSPS) is 22.4. The Kier molecular flexibility index (Phi) is 7.91. The number of nitrogen functional groups attached to an aromatic ring is 1. The fourth-order valence-corrected chi connectivity index (χ4v) is 5.38. The zero-order valence-electron chi connectivity index (χ0n) is 21.4. The largest absolute Gasteiger partial charge is 0.381 e. The zero-order chi connectivity index (χ0) is 27.8. The van der Waals surface area contributed by atoms with Crippen LogP contribution in [0.5, 0.6) is 0 Å². The van der Waals surface area contributed by atoms with Crippen molar-refractivity contribution < 1.29 is 22.8 Å². The molecule has 38 heavy (non-hydrogen) atoms. The molecule has 0 bridgehead atoms.